The van der Waals surface area contributed by atoms with E-state index in [0.717, 1.165) is 23.3 Å². The van der Waals surface area contributed by atoms with Gasteiger partial charge in [0.2, 0.25) is 0 Å². The number of nitrogens with zero attached hydrogens (tertiary/aromatic N) is 1. The molecule has 1 fully saturated rings. The van der Waals surface area contributed by atoms with Crippen LogP contribution < -0.4 is 5.32 Å². The molecule has 0 radical (unpaired) electrons. The van der Waals surface area contributed by atoms with E-state index in [1.54, 1.807) is 4.31 Å². The lowest BCUT2D eigenvalue weighted by Crippen LogP contribution is -2.46. The van der Waals surface area contributed by atoms with Crippen molar-refractivity contribution < 1.29 is 8.42 Å². The Hall–Kier alpha value is -0.140. The Bertz CT molecular complexity index is 528. The number of hydrogen-bond acceptors (Lipinski definition) is 4. The largest absolute Gasteiger partial charge is 0.316 e. The maximum atomic E-state index is 12.6. The van der Waals surface area contributed by atoms with Gasteiger partial charge in [0.15, 0.2) is 0 Å². The van der Waals surface area contributed by atoms with Gasteiger partial charge in [0.05, 0.1) is 0 Å². The van der Waals surface area contributed by atoms with Gasteiger partial charge < -0.3 is 5.32 Å². The van der Waals surface area contributed by atoms with Crippen LogP contribution in [0.25, 0.3) is 0 Å². The van der Waals surface area contributed by atoms with Crippen LogP contribution in [0.4, 0.5) is 0 Å². The van der Waals surface area contributed by atoms with Crippen molar-refractivity contribution in [3.05, 3.63) is 16.5 Å². The fourth-order valence-electron chi connectivity index (χ4n) is 2.39. The third-order valence-electron chi connectivity index (χ3n) is 3.36. The number of hydrogen-bond donors (Lipinski definition) is 1. The Morgan fingerprint density at radius 1 is 1.42 bits per heavy atom. The Labute approximate surface area is 125 Å². The van der Waals surface area contributed by atoms with Crippen molar-refractivity contribution in [3.63, 3.8) is 0 Å². The second-order valence-corrected chi connectivity index (χ2v) is 8.21. The Kier molecular flexibility index (Phi) is 5.82. The minimum absolute atomic E-state index is 0. The summed E-state index contributed by atoms with van der Waals surface area (Å²) in [5, 5.41) is 3.17. The normalized spacial score (nSPS) is 21.1. The van der Waals surface area contributed by atoms with Crippen molar-refractivity contribution in [3.8, 4) is 0 Å². The topological polar surface area (TPSA) is 49.4 Å². The molecular formula is C12H21ClN2O2S2. The molecule has 1 aliphatic rings. The Morgan fingerprint density at radius 2 is 2.11 bits per heavy atom. The van der Waals surface area contributed by atoms with Crippen LogP contribution in [0.5, 0.6) is 0 Å². The van der Waals surface area contributed by atoms with E-state index in [4.69, 9.17) is 0 Å². The van der Waals surface area contributed by atoms with Gasteiger partial charge >= 0.3 is 0 Å². The molecule has 1 aromatic heterocycles. The van der Waals surface area contributed by atoms with Gasteiger partial charge in [-0.2, -0.15) is 4.31 Å². The zero-order chi connectivity index (χ0) is 13.3. The second kappa shape index (κ2) is 6.54. The van der Waals surface area contributed by atoms with Crippen LogP contribution in [-0.4, -0.2) is 38.9 Å². The van der Waals surface area contributed by atoms with Gasteiger partial charge in [-0.25, -0.2) is 8.42 Å². The summed E-state index contributed by atoms with van der Waals surface area (Å²) < 4.78 is 27.3. The van der Waals surface area contributed by atoms with E-state index in [9.17, 15) is 8.42 Å². The minimum Gasteiger partial charge on any atom is -0.316 e. The average Bonchev–Trinajstić information content (AvgIpc) is 2.69. The van der Waals surface area contributed by atoms with Crippen LogP contribution in [0.1, 0.15) is 23.3 Å². The first kappa shape index (κ1) is 16.9. The predicted molar refractivity (Wildman–Crippen MR) is 81.9 cm³/mol. The lowest BCUT2D eigenvalue weighted by molar-refractivity contribution is 0.293. The summed E-state index contributed by atoms with van der Waals surface area (Å²) in [5.74, 6) is 0. The summed E-state index contributed by atoms with van der Waals surface area (Å²) >= 11 is 1.37. The predicted octanol–water partition coefficient (Wildman–Crippen LogP) is 2.16. The van der Waals surface area contributed by atoms with Crippen LogP contribution in [-0.2, 0) is 10.0 Å². The van der Waals surface area contributed by atoms with Gasteiger partial charge in [0.1, 0.15) is 4.21 Å². The molecule has 1 atom stereocenters. The fraction of sp³-hybridized carbons (Fsp3) is 0.667. The minimum atomic E-state index is -3.30. The SMILES string of the molecule is CNC1CCCN(S(=O)(=O)c2sc(C)cc2C)C1.Cl. The van der Waals surface area contributed by atoms with Crippen molar-refractivity contribution in [2.75, 3.05) is 20.1 Å². The highest BCUT2D eigenvalue weighted by Gasteiger charge is 2.31. The van der Waals surface area contributed by atoms with Crippen LogP contribution in [0, 0.1) is 13.8 Å². The van der Waals surface area contributed by atoms with Gasteiger partial charge in [0, 0.05) is 24.0 Å². The number of piperidine rings is 1. The first-order valence-corrected chi connectivity index (χ1v) is 8.45. The van der Waals surface area contributed by atoms with Gasteiger partial charge in [-0.3, -0.25) is 0 Å². The van der Waals surface area contributed by atoms with Gasteiger partial charge in [-0.05, 0) is 45.4 Å². The molecule has 7 heteroatoms. The smallest absolute Gasteiger partial charge is 0.252 e. The third kappa shape index (κ3) is 3.49. The van der Waals surface area contributed by atoms with Gasteiger partial charge in [0.25, 0.3) is 10.0 Å². The van der Waals surface area contributed by atoms with Gasteiger partial charge in [-0.1, -0.05) is 0 Å². The van der Waals surface area contributed by atoms with E-state index in [-0.39, 0.29) is 18.4 Å². The van der Waals surface area contributed by atoms with Crippen molar-refractivity contribution in [2.24, 2.45) is 0 Å². The molecular weight excluding hydrogens is 304 g/mol. The molecule has 2 rings (SSSR count). The highest BCUT2D eigenvalue weighted by molar-refractivity contribution is 7.91. The zero-order valence-corrected chi connectivity index (χ0v) is 13.9. The monoisotopic (exact) mass is 324 g/mol. The second-order valence-electron chi connectivity index (χ2n) is 4.82. The third-order valence-corrected chi connectivity index (χ3v) is 6.99. The number of sulfonamides is 1. The van der Waals surface area contributed by atoms with E-state index < -0.39 is 10.0 Å². The van der Waals surface area contributed by atoms with Gasteiger partial charge in [-0.15, -0.1) is 23.7 Å². The molecule has 0 bridgehead atoms. The number of halogens is 1. The Balaban J connectivity index is 0.00000180. The first-order chi connectivity index (χ1) is 8.45. The molecule has 0 spiro atoms. The molecule has 1 unspecified atom stereocenters. The Morgan fingerprint density at radius 3 is 2.63 bits per heavy atom. The van der Waals surface area contributed by atoms with Crippen LogP contribution in [0.3, 0.4) is 0 Å². The molecule has 0 aliphatic carbocycles. The highest BCUT2D eigenvalue weighted by Crippen LogP contribution is 2.30. The van der Waals surface area contributed by atoms with Crippen molar-refractivity contribution in [2.45, 2.75) is 36.9 Å². The quantitative estimate of drug-likeness (QED) is 0.927. The number of nitrogens with one attached hydrogen (secondary N) is 1. The molecule has 1 aliphatic heterocycles. The number of likely N-dealkylation sites (N-methyl/N-ethyl adjacent to an activating group) is 1. The van der Waals surface area contributed by atoms with Crippen molar-refractivity contribution in [1.82, 2.24) is 9.62 Å². The molecule has 0 saturated carbocycles. The van der Waals surface area contributed by atoms with E-state index in [0.29, 0.717) is 17.3 Å². The first-order valence-electron chi connectivity index (χ1n) is 6.19. The molecule has 0 aromatic carbocycles. The fourth-order valence-corrected chi connectivity index (χ4v) is 5.72. The summed E-state index contributed by atoms with van der Waals surface area (Å²) in [4.78, 5) is 1.05. The van der Waals surface area contributed by atoms with Crippen molar-refractivity contribution in [1.29, 1.82) is 0 Å². The standard InChI is InChI=1S/C12H20N2O2S2.ClH/c1-9-7-10(2)17-12(9)18(15,16)14-6-4-5-11(8-14)13-3;/h7,11,13H,4-6,8H2,1-3H3;1H. The van der Waals surface area contributed by atoms with Crippen LogP contribution in [0.2, 0.25) is 0 Å². The number of thiophene rings is 1. The summed E-state index contributed by atoms with van der Waals surface area (Å²) in [5.41, 5.74) is 0.865. The summed E-state index contributed by atoms with van der Waals surface area (Å²) in [6.45, 7) is 5.03. The van der Waals surface area contributed by atoms with E-state index in [1.807, 2.05) is 27.0 Å². The van der Waals surface area contributed by atoms with E-state index >= 15 is 0 Å². The maximum Gasteiger partial charge on any atom is 0.252 e. The lowest BCUT2D eigenvalue weighted by Gasteiger charge is -2.31. The highest BCUT2D eigenvalue weighted by atomic mass is 35.5. The lowest BCUT2D eigenvalue weighted by atomic mass is 10.1. The molecule has 2 heterocycles. The molecule has 1 saturated heterocycles. The molecule has 19 heavy (non-hydrogen) atoms. The zero-order valence-electron chi connectivity index (χ0n) is 11.5. The average molecular weight is 325 g/mol. The van der Waals surface area contributed by atoms with Crippen LogP contribution >= 0.6 is 23.7 Å². The molecule has 0 amide bonds. The summed E-state index contributed by atoms with van der Waals surface area (Å²) in [6, 6.07) is 2.21. The number of aryl methyl sites for hydroxylation is 2. The summed E-state index contributed by atoms with van der Waals surface area (Å²) in [7, 11) is -1.41. The summed E-state index contributed by atoms with van der Waals surface area (Å²) in [6.07, 6.45) is 1.97. The molecule has 1 N–H and O–H groups in total. The number of rotatable bonds is 3. The molecule has 110 valence electrons. The van der Waals surface area contributed by atoms with E-state index in [1.165, 1.54) is 11.3 Å². The van der Waals surface area contributed by atoms with E-state index in [2.05, 4.69) is 5.32 Å². The van der Waals surface area contributed by atoms with Crippen LogP contribution in [0.15, 0.2) is 10.3 Å². The molecule has 4 nitrogen and oxygen atoms in total. The molecule has 1 aromatic rings. The maximum absolute atomic E-state index is 12.6. The van der Waals surface area contributed by atoms with Crippen molar-refractivity contribution >= 4 is 33.8 Å².